The lowest BCUT2D eigenvalue weighted by molar-refractivity contribution is -0.175. The lowest BCUT2D eigenvalue weighted by Crippen LogP contribution is -2.79. The maximum atomic E-state index is 14.6. The van der Waals surface area contributed by atoms with Crippen LogP contribution in [0.4, 0.5) is 0 Å². The summed E-state index contributed by atoms with van der Waals surface area (Å²) in [4.78, 5) is 41.1. The van der Waals surface area contributed by atoms with Gasteiger partial charge >= 0.3 is 5.97 Å². The number of rotatable bonds is 2. The molecule has 4 fully saturated rings. The van der Waals surface area contributed by atoms with Crippen molar-refractivity contribution >= 4 is 39.4 Å². The number of carbonyl (C=O) groups is 3. The molecule has 218 valence electrons. The number of fused-ring (bicyclic) bond motifs is 6. The van der Waals surface area contributed by atoms with Crippen molar-refractivity contribution in [2.45, 2.75) is 34.1 Å². The maximum absolute atomic E-state index is 14.6. The fourth-order valence-electron chi connectivity index (χ4n) is 6.05. The second kappa shape index (κ2) is 9.33. The quantitative estimate of drug-likeness (QED) is 0.379. The molecule has 2 aromatic carbocycles. The molecule has 42 heavy (non-hydrogen) atoms. The van der Waals surface area contributed by atoms with Crippen molar-refractivity contribution in [2.24, 2.45) is 0 Å². The minimum atomic E-state index is -1.84. The molecule has 6 aliphatic heterocycles. The molecule has 7 bridgehead atoms. The summed E-state index contributed by atoms with van der Waals surface area (Å²) in [5, 5.41) is 23.5. The zero-order chi connectivity index (χ0) is 29.6. The Morgan fingerprint density at radius 3 is 2.33 bits per heavy atom. The molecule has 14 heteroatoms. The number of carbonyl (C=O) groups excluding carboxylic acids is 3. The molecule has 0 radical (unpaired) electrons. The largest absolute Gasteiger partial charge is 0.493 e. The van der Waals surface area contributed by atoms with Gasteiger partial charge in [-0.1, -0.05) is 6.07 Å². The molecule has 4 saturated heterocycles. The zero-order valence-corrected chi connectivity index (χ0v) is 24.0. The van der Waals surface area contributed by atoms with E-state index in [0.29, 0.717) is 11.5 Å². The molecule has 2 amide bonds. The van der Waals surface area contributed by atoms with Gasteiger partial charge in [0.05, 0.1) is 32.3 Å². The lowest BCUT2D eigenvalue weighted by atomic mass is 9.93. The topological polar surface area (TPSA) is 144 Å². The second-order valence-corrected chi connectivity index (χ2v) is 12.8. The maximum Gasteiger partial charge on any atom is 0.338 e. The van der Waals surface area contributed by atoms with Crippen LogP contribution in [0, 0.1) is 0 Å². The van der Waals surface area contributed by atoms with Crippen molar-refractivity contribution < 1.29 is 48.3 Å². The molecular formula is C28H24N2O10S2. The minimum Gasteiger partial charge on any atom is -0.493 e. The van der Waals surface area contributed by atoms with E-state index in [1.54, 1.807) is 18.2 Å². The Morgan fingerprint density at radius 2 is 1.60 bits per heavy atom. The Hall–Kier alpha value is -3.85. The van der Waals surface area contributed by atoms with Crippen LogP contribution < -0.4 is 14.2 Å². The van der Waals surface area contributed by atoms with Gasteiger partial charge < -0.3 is 43.7 Å². The number of methoxy groups -OCH3 is 2. The Morgan fingerprint density at radius 1 is 0.905 bits per heavy atom. The molecule has 0 saturated carbocycles. The molecule has 2 spiro atoms. The number of hydrogen-bond donors (Lipinski definition) is 2. The summed E-state index contributed by atoms with van der Waals surface area (Å²) in [7, 11) is 6.28. The van der Waals surface area contributed by atoms with E-state index < -0.39 is 51.9 Å². The summed E-state index contributed by atoms with van der Waals surface area (Å²) in [6.07, 6.45) is -0.204. The molecule has 0 unspecified atom stereocenters. The Balaban J connectivity index is 1.49. The summed E-state index contributed by atoms with van der Waals surface area (Å²) in [6.45, 7) is 0. The van der Waals surface area contributed by atoms with Crippen molar-refractivity contribution in [3.8, 4) is 23.0 Å². The number of aliphatic hydroxyl groups is 2. The Labute approximate surface area is 247 Å². The highest BCUT2D eigenvalue weighted by molar-refractivity contribution is 8.78. The summed E-state index contributed by atoms with van der Waals surface area (Å²) in [6, 6.07) is 8.03. The first-order valence-electron chi connectivity index (χ1n) is 12.8. The third kappa shape index (κ3) is 3.31. The van der Waals surface area contributed by atoms with Crippen LogP contribution in [0.2, 0.25) is 0 Å². The predicted molar refractivity (Wildman–Crippen MR) is 149 cm³/mol. The van der Waals surface area contributed by atoms with Crippen molar-refractivity contribution in [2.75, 3.05) is 21.3 Å². The van der Waals surface area contributed by atoms with Crippen LogP contribution in [0.15, 0.2) is 60.6 Å². The number of nitrogens with zero attached hydrogens (tertiary/aromatic N) is 2. The lowest BCUT2D eigenvalue weighted by Gasteiger charge is -2.60. The van der Waals surface area contributed by atoms with Gasteiger partial charge in [0.15, 0.2) is 23.0 Å². The van der Waals surface area contributed by atoms with Gasteiger partial charge in [0.1, 0.15) is 24.4 Å². The fourth-order valence-corrected chi connectivity index (χ4v) is 9.92. The third-order valence-electron chi connectivity index (χ3n) is 8.19. The molecule has 6 atom stereocenters. The van der Waals surface area contributed by atoms with Gasteiger partial charge in [-0.3, -0.25) is 9.59 Å². The summed E-state index contributed by atoms with van der Waals surface area (Å²) in [5.74, 6) is -1.06. The predicted octanol–water partition coefficient (Wildman–Crippen LogP) is 2.33. The number of benzene rings is 2. The number of esters is 1. The SMILES string of the molecule is COc1ccc2cc1Oc1cc(ccc1OC)[C@H](O)[C@]13SS[C@@]4(C(=O)N1C)[C@H](O)C1=COC=C[C@H](OC2=O)[C@H]1N4C3=O. The number of piperazine rings is 1. The number of likely N-dealkylation sites (N-methyl/N-ethyl adjacent to an activating group) is 1. The van der Waals surface area contributed by atoms with Crippen LogP contribution in [0.1, 0.15) is 22.0 Å². The normalized spacial score (nSPS) is 32.6. The van der Waals surface area contributed by atoms with Crippen molar-refractivity contribution in [1.29, 1.82) is 0 Å². The summed E-state index contributed by atoms with van der Waals surface area (Å²) < 4.78 is 28.5. The standard InChI is InChI=1S/C28H24N2O10S2/c1-29-25(34)28-23(32)15-12-38-9-8-18-21(15)30(28)26(35)27(29,41-42-28)22(31)13-4-6-16(36-2)19(10-13)39-20-11-14(24(33)40-18)5-7-17(20)37-3/h4-12,18,21-23,31-32H,1-3H3/t18-,21-,22-,23+,27+,28+/m0/s1. The second-order valence-electron chi connectivity index (χ2n) is 10.2. The molecule has 0 aromatic heterocycles. The minimum absolute atomic E-state index is 0.108. The molecule has 6 heterocycles. The van der Waals surface area contributed by atoms with Crippen LogP contribution in [0.3, 0.4) is 0 Å². The summed E-state index contributed by atoms with van der Waals surface area (Å²) in [5.41, 5.74) is 0.551. The van der Waals surface area contributed by atoms with Gasteiger partial charge in [0.2, 0.25) is 9.74 Å². The van der Waals surface area contributed by atoms with Crippen molar-refractivity contribution in [1.82, 2.24) is 9.80 Å². The number of ether oxygens (including phenoxy) is 5. The first-order chi connectivity index (χ1) is 20.2. The van der Waals surface area contributed by atoms with E-state index in [1.807, 2.05) is 0 Å². The van der Waals surface area contributed by atoms with Gasteiger partial charge in [0.25, 0.3) is 11.8 Å². The van der Waals surface area contributed by atoms with E-state index in [1.165, 1.54) is 67.9 Å². The molecule has 0 aliphatic carbocycles. The van der Waals surface area contributed by atoms with E-state index in [4.69, 9.17) is 23.7 Å². The smallest absolute Gasteiger partial charge is 0.338 e. The van der Waals surface area contributed by atoms with Crippen molar-refractivity contribution in [3.05, 3.63) is 71.7 Å². The Kier molecular flexibility index (Phi) is 6.00. The molecule has 2 N–H and O–H groups in total. The average molecular weight is 613 g/mol. The molecule has 8 rings (SSSR count). The third-order valence-corrected chi connectivity index (χ3v) is 11.8. The monoisotopic (exact) mass is 612 g/mol. The van der Waals surface area contributed by atoms with Gasteiger partial charge in [0, 0.05) is 12.6 Å². The van der Waals surface area contributed by atoms with Crippen LogP contribution in [0.5, 0.6) is 23.0 Å². The Bertz CT molecular complexity index is 1610. The molecule has 12 nitrogen and oxygen atoms in total. The van der Waals surface area contributed by atoms with Crippen LogP contribution in [-0.4, -0.2) is 87.1 Å². The van der Waals surface area contributed by atoms with Crippen LogP contribution in [-0.2, 0) is 19.1 Å². The highest BCUT2D eigenvalue weighted by atomic mass is 33.1. The molecule has 2 aromatic rings. The number of hydrogen-bond acceptors (Lipinski definition) is 12. The molecular weight excluding hydrogens is 588 g/mol. The van der Waals surface area contributed by atoms with Crippen molar-refractivity contribution in [3.63, 3.8) is 0 Å². The van der Waals surface area contributed by atoms with Crippen LogP contribution >= 0.6 is 21.6 Å². The van der Waals surface area contributed by atoms with E-state index in [0.717, 1.165) is 21.6 Å². The fraction of sp³-hybridized carbons (Fsp3) is 0.321. The molecule has 6 aliphatic rings. The van der Waals surface area contributed by atoms with Gasteiger partial charge in [-0.05, 0) is 63.6 Å². The van der Waals surface area contributed by atoms with Crippen LogP contribution in [0.25, 0.3) is 0 Å². The van der Waals surface area contributed by atoms with E-state index in [9.17, 15) is 24.6 Å². The summed E-state index contributed by atoms with van der Waals surface area (Å²) >= 11 is 0. The van der Waals surface area contributed by atoms with E-state index >= 15 is 0 Å². The van der Waals surface area contributed by atoms with Gasteiger partial charge in [-0.2, -0.15) is 0 Å². The van der Waals surface area contributed by atoms with E-state index in [2.05, 4.69) is 0 Å². The first-order valence-corrected chi connectivity index (χ1v) is 15.0. The highest BCUT2D eigenvalue weighted by Crippen LogP contribution is 2.67. The van der Waals surface area contributed by atoms with E-state index in [-0.39, 0.29) is 28.2 Å². The zero-order valence-electron chi connectivity index (χ0n) is 22.4. The average Bonchev–Trinajstić information content (AvgIpc) is 3.10. The number of amides is 2. The van der Waals surface area contributed by atoms with Gasteiger partial charge in [-0.15, -0.1) is 0 Å². The number of aliphatic hydroxyl groups excluding tert-OH is 2. The first kappa shape index (κ1) is 27.0. The highest BCUT2D eigenvalue weighted by Gasteiger charge is 2.78. The van der Waals surface area contributed by atoms with Gasteiger partial charge in [-0.25, -0.2) is 4.79 Å².